The molecule has 0 amide bonds. The summed E-state index contributed by atoms with van der Waals surface area (Å²) in [4.78, 5) is 12.1. The van der Waals surface area contributed by atoms with Crippen molar-refractivity contribution in [1.82, 2.24) is 19.5 Å². The number of nitrogens with one attached hydrogen (secondary N) is 2. The van der Waals surface area contributed by atoms with Gasteiger partial charge in [-0.15, -0.1) is 0 Å². The largest absolute Gasteiger partial charge is 0.388 e. The predicted octanol–water partition coefficient (Wildman–Crippen LogP) is 3.17. The molecule has 9 nitrogen and oxygen atoms in total. The van der Waals surface area contributed by atoms with Crippen LogP contribution in [0.4, 0.5) is 11.5 Å². The summed E-state index contributed by atoms with van der Waals surface area (Å²) >= 11 is 0. The van der Waals surface area contributed by atoms with Gasteiger partial charge in [-0.3, -0.25) is 10.4 Å². The van der Waals surface area contributed by atoms with Crippen LogP contribution in [-0.4, -0.2) is 54.4 Å². The molecule has 2 aromatic heterocycles. The number of aliphatic imine (C=N–C) groups is 1. The van der Waals surface area contributed by atoms with Crippen LogP contribution in [0.2, 0.25) is 0 Å². The standard InChI is InChI=1S/C24H24N6O3/c1-14-21(31)22(32)24(33-14)30-11-17(15-5-3-2-4-6-15)18-10-29(13-27-23(18)30)28-16-7-8-19-20(9-16)26-12-25-19/h2-9,11-14,21-22,24,28,31-32H,10H2,1H3,(H,25,26)/t14-,21-,22-,24-/m1/s1. The van der Waals surface area contributed by atoms with Crippen molar-refractivity contribution in [3.63, 3.8) is 0 Å². The molecule has 0 radical (unpaired) electrons. The third kappa shape index (κ3) is 3.37. The topological polar surface area (TPSA) is 111 Å². The molecule has 4 N–H and O–H groups in total. The van der Waals surface area contributed by atoms with Gasteiger partial charge in [-0.25, -0.2) is 9.98 Å². The lowest BCUT2D eigenvalue weighted by molar-refractivity contribution is -0.0308. The summed E-state index contributed by atoms with van der Waals surface area (Å²) < 4.78 is 7.72. The molecular weight excluding hydrogens is 420 g/mol. The van der Waals surface area contributed by atoms with Gasteiger partial charge in [-0.1, -0.05) is 30.3 Å². The van der Waals surface area contributed by atoms with E-state index in [1.165, 1.54) is 0 Å². The highest BCUT2D eigenvalue weighted by Gasteiger charge is 2.42. The van der Waals surface area contributed by atoms with Gasteiger partial charge in [-0.2, -0.15) is 0 Å². The van der Waals surface area contributed by atoms with Crippen molar-refractivity contribution in [2.75, 3.05) is 5.43 Å². The molecule has 1 saturated heterocycles. The highest BCUT2D eigenvalue weighted by molar-refractivity contribution is 5.80. The number of nitrogens with zero attached hydrogens (tertiary/aromatic N) is 4. The summed E-state index contributed by atoms with van der Waals surface area (Å²) in [5.74, 6) is 0.708. The zero-order chi connectivity index (χ0) is 22.5. The fourth-order valence-electron chi connectivity index (χ4n) is 4.54. The third-order valence-corrected chi connectivity index (χ3v) is 6.29. The van der Waals surface area contributed by atoms with Crippen molar-refractivity contribution in [1.29, 1.82) is 0 Å². The lowest BCUT2D eigenvalue weighted by atomic mass is 10.0. The zero-order valence-corrected chi connectivity index (χ0v) is 18.0. The number of ether oxygens (including phenoxy) is 1. The molecule has 0 aliphatic carbocycles. The first kappa shape index (κ1) is 20.0. The quantitative estimate of drug-likeness (QED) is 0.385. The number of aliphatic hydroxyl groups is 2. The van der Waals surface area contributed by atoms with E-state index in [0.29, 0.717) is 12.4 Å². The van der Waals surface area contributed by atoms with Gasteiger partial charge in [0, 0.05) is 17.3 Å². The SMILES string of the molecule is C[C@H]1O[C@@H](n2cc(-c3ccccc3)c3c2N=CN(Nc2ccc4[nH]cnc4c2)C3)[C@H](O)[C@@H]1O. The Bertz CT molecular complexity index is 1330. The second-order valence-electron chi connectivity index (χ2n) is 8.45. The fourth-order valence-corrected chi connectivity index (χ4v) is 4.54. The molecule has 2 aliphatic rings. The monoisotopic (exact) mass is 444 g/mol. The van der Waals surface area contributed by atoms with Gasteiger partial charge >= 0.3 is 0 Å². The zero-order valence-electron chi connectivity index (χ0n) is 18.0. The van der Waals surface area contributed by atoms with Crippen molar-refractivity contribution < 1.29 is 14.9 Å². The van der Waals surface area contributed by atoms with Crippen LogP contribution in [0.15, 0.2) is 66.0 Å². The Morgan fingerprint density at radius 1 is 1.12 bits per heavy atom. The number of imidazole rings is 1. The number of aromatic amines is 1. The summed E-state index contributed by atoms with van der Waals surface area (Å²) in [7, 11) is 0. The number of anilines is 1. The molecule has 4 heterocycles. The summed E-state index contributed by atoms with van der Waals surface area (Å²) in [6, 6.07) is 16.0. The van der Waals surface area contributed by atoms with E-state index in [2.05, 4.69) is 15.4 Å². The Morgan fingerprint density at radius 2 is 1.97 bits per heavy atom. The number of aliphatic hydroxyl groups excluding tert-OH is 2. The molecule has 0 saturated carbocycles. The van der Waals surface area contributed by atoms with E-state index in [1.807, 2.05) is 64.3 Å². The van der Waals surface area contributed by atoms with Crippen molar-refractivity contribution in [3.8, 4) is 11.1 Å². The maximum atomic E-state index is 10.6. The van der Waals surface area contributed by atoms with Crippen LogP contribution in [0.25, 0.3) is 22.2 Å². The Hall–Kier alpha value is -3.66. The number of hydrazine groups is 1. The normalized spacial score (nSPS) is 24.4. The molecule has 4 aromatic rings. The average molecular weight is 444 g/mol. The van der Waals surface area contributed by atoms with Gasteiger partial charge in [0.1, 0.15) is 24.4 Å². The molecular formula is C24H24N6O3. The molecule has 33 heavy (non-hydrogen) atoms. The second kappa shape index (κ2) is 7.73. The van der Waals surface area contributed by atoms with Gasteiger partial charge in [0.05, 0.1) is 35.7 Å². The Balaban J connectivity index is 1.36. The molecule has 2 aromatic carbocycles. The number of benzene rings is 2. The van der Waals surface area contributed by atoms with Crippen LogP contribution in [-0.2, 0) is 11.3 Å². The minimum Gasteiger partial charge on any atom is -0.388 e. The van der Waals surface area contributed by atoms with E-state index in [1.54, 1.807) is 19.6 Å². The summed E-state index contributed by atoms with van der Waals surface area (Å²) in [6.45, 7) is 2.31. The number of aromatic nitrogens is 3. The van der Waals surface area contributed by atoms with Gasteiger partial charge in [0.2, 0.25) is 0 Å². The highest BCUT2D eigenvalue weighted by Crippen LogP contribution is 2.41. The molecule has 4 atom stereocenters. The molecule has 168 valence electrons. The molecule has 1 fully saturated rings. The molecule has 9 heteroatoms. The minimum atomic E-state index is -1.04. The molecule has 0 spiro atoms. The van der Waals surface area contributed by atoms with E-state index in [-0.39, 0.29) is 0 Å². The minimum absolute atomic E-state index is 0.467. The maximum Gasteiger partial charge on any atom is 0.164 e. The Morgan fingerprint density at radius 3 is 2.76 bits per heavy atom. The first-order valence-electron chi connectivity index (χ1n) is 10.9. The third-order valence-electron chi connectivity index (χ3n) is 6.29. The Kier molecular flexibility index (Phi) is 4.68. The summed E-state index contributed by atoms with van der Waals surface area (Å²) in [6.07, 6.45) is 2.20. The smallest absolute Gasteiger partial charge is 0.164 e. The molecule has 6 rings (SSSR count). The van der Waals surface area contributed by atoms with Crippen LogP contribution < -0.4 is 5.43 Å². The number of rotatable bonds is 4. The summed E-state index contributed by atoms with van der Waals surface area (Å²) in [5.41, 5.74) is 9.19. The average Bonchev–Trinajstić information content (AvgIpc) is 3.52. The van der Waals surface area contributed by atoms with Crippen LogP contribution >= 0.6 is 0 Å². The number of hydrogen-bond acceptors (Lipinski definition) is 7. The Labute approximate surface area is 189 Å². The van der Waals surface area contributed by atoms with Gasteiger partial charge in [0.15, 0.2) is 6.23 Å². The lowest BCUT2D eigenvalue weighted by Crippen LogP contribution is -2.31. The van der Waals surface area contributed by atoms with E-state index < -0.39 is 24.5 Å². The predicted molar refractivity (Wildman–Crippen MR) is 125 cm³/mol. The number of hydrogen-bond donors (Lipinski definition) is 4. The van der Waals surface area contributed by atoms with Gasteiger partial charge < -0.3 is 24.5 Å². The van der Waals surface area contributed by atoms with Crippen LogP contribution in [0, 0.1) is 0 Å². The highest BCUT2D eigenvalue weighted by atomic mass is 16.6. The van der Waals surface area contributed by atoms with Gasteiger partial charge in [0.25, 0.3) is 0 Å². The molecule has 2 aliphatic heterocycles. The first-order chi connectivity index (χ1) is 16.1. The van der Waals surface area contributed by atoms with Crippen molar-refractivity contribution in [2.45, 2.75) is 38.0 Å². The summed E-state index contributed by atoms with van der Waals surface area (Å²) in [5, 5.41) is 22.8. The van der Waals surface area contributed by atoms with Crippen molar-refractivity contribution in [2.24, 2.45) is 4.99 Å². The van der Waals surface area contributed by atoms with Crippen molar-refractivity contribution >= 4 is 28.9 Å². The maximum absolute atomic E-state index is 10.6. The lowest BCUT2D eigenvalue weighted by Gasteiger charge is -2.26. The second-order valence-corrected chi connectivity index (χ2v) is 8.45. The van der Waals surface area contributed by atoms with E-state index >= 15 is 0 Å². The molecule has 0 bridgehead atoms. The van der Waals surface area contributed by atoms with Crippen LogP contribution in [0.5, 0.6) is 0 Å². The first-order valence-corrected chi connectivity index (χ1v) is 10.9. The van der Waals surface area contributed by atoms with E-state index in [9.17, 15) is 10.2 Å². The number of fused-ring (bicyclic) bond motifs is 2. The van der Waals surface area contributed by atoms with Crippen molar-refractivity contribution in [3.05, 3.63) is 66.6 Å². The van der Waals surface area contributed by atoms with Gasteiger partial charge in [-0.05, 0) is 30.7 Å². The van der Waals surface area contributed by atoms with E-state index in [0.717, 1.165) is 33.4 Å². The van der Waals surface area contributed by atoms with Crippen LogP contribution in [0.3, 0.4) is 0 Å². The fraction of sp³-hybridized carbons (Fsp3) is 0.250. The van der Waals surface area contributed by atoms with E-state index in [4.69, 9.17) is 9.73 Å². The number of H-pyrrole nitrogens is 1. The molecule has 0 unspecified atom stereocenters. The van der Waals surface area contributed by atoms with Crippen LogP contribution in [0.1, 0.15) is 18.7 Å².